The average Bonchev–Trinajstić information content (AvgIpc) is 2.86. The van der Waals surface area contributed by atoms with Crippen molar-refractivity contribution in [3.63, 3.8) is 0 Å². The Morgan fingerprint density at radius 3 is 2.73 bits per heavy atom. The summed E-state index contributed by atoms with van der Waals surface area (Å²) in [5.74, 6) is 1.70. The average molecular weight is 347 g/mol. The molecule has 0 fully saturated rings. The van der Waals surface area contributed by atoms with Gasteiger partial charge in [-0.2, -0.15) is 0 Å². The van der Waals surface area contributed by atoms with Gasteiger partial charge in [-0.25, -0.2) is 4.98 Å². The first-order chi connectivity index (χ1) is 12.8. The van der Waals surface area contributed by atoms with Gasteiger partial charge in [-0.05, 0) is 23.8 Å². The fourth-order valence-electron chi connectivity index (χ4n) is 3.12. The Labute approximate surface area is 152 Å². The molecule has 2 N–H and O–H groups in total. The first-order valence-corrected chi connectivity index (χ1v) is 8.73. The first kappa shape index (κ1) is 16.4. The SMILES string of the molecule is Oc1ccccc1CN1CCNc2cnc(Oc3ccccc3)cc2C1. The molecule has 0 saturated heterocycles. The molecule has 0 unspecified atom stereocenters. The largest absolute Gasteiger partial charge is 0.508 e. The molecule has 26 heavy (non-hydrogen) atoms. The van der Waals surface area contributed by atoms with E-state index in [1.165, 1.54) is 0 Å². The van der Waals surface area contributed by atoms with Gasteiger partial charge in [-0.15, -0.1) is 0 Å². The monoisotopic (exact) mass is 347 g/mol. The summed E-state index contributed by atoms with van der Waals surface area (Å²) in [6.45, 7) is 3.19. The molecule has 0 aliphatic carbocycles. The number of fused-ring (bicyclic) bond motifs is 1. The summed E-state index contributed by atoms with van der Waals surface area (Å²) in [6, 6.07) is 19.1. The third-order valence-electron chi connectivity index (χ3n) is 4.45. The van der Waals surface area contributed by atoms with Gasteiger partial charge in [-0.3, -0.25) is 4.90 Å². The number of ether oxygens (including phenoxy) is 1. The van der Waals surface area contributed by atoms with E-state index in [0.29, 0.717) is 18.2 Å². The number of phenolic OH excluding ortho intramolecular Hbond substituents is 1. The van der Waals surface area contributed by atoms with Crippen LogP contribution in [0.4, 0.5) is 5.69 Å². The van der Waals surface area contributed by atoms with Crippen molar-refractivity contribution < 1.29 is 9.84 Å². The second-order valence-corrected chi connectivity index (χ2v) is 6.36. The second kappa shape index (κ2) is 7.45. The van der Waals surface area contributed by atoms with E-state index in [-0.39, 0.29) is 0 Å². The molecular formula is C21H21N3O2. The summed E-state index contributed by atoms with van der Waals surface area (Å²) in [5, 5.41) is 13.5. The van der Waals surface area contributed by atoms with Crippen LogP contribution in [0.25, 0.3) is 0 Å². The van der Waals surface area contributed by atoms with Gasteiger partial charge in [0.1, 0.15) is 11.5 Å². The number of aromatic hydroxyl groups is 1. The van der Waals surface area contributed by atoms with E-state index in [1.54, 1.807) is 6.07 Å². The van der Waals surface area contributed by atoms with Crippen LogP contribution in [0.1, 0.15) is 11.1 Å². The molecule has 0 amide bonds. The van der Waals surface area contributed by atoms with Crippen molar-refractivity contribution in [2.24, 2.45) is 0 Å². The van der Waals surface area contributed by atoms with Crippen molar-refractivity contribution in [3.05, 3.63) is 78.0 Å². The fourth-order valence-corrected chi connectivity index (χ4v) is 3.12. The quantitative estimate of drug-likeness (QED) is 0.747. The Morgan fingerprint density at radius 2 is 1.88 bits per heavy atom. The highest BCUT2D eigenvalue weighted by Gasteiger charge is 2.17. The van der Waals surface area contributed by atoms with Crippen molar-refractivity contribution in [2.45, 2.75) is 13.1 Å². The molecule has 1 aromatic heterocycles. The number of hydrogen-bond acceptors (Lipinski definition) is 5. The molecule has 4 rings (SSSR count). The highest BCUT2D eigenvalue weighted by Crippen LogP contribution is 2.27. The van der Waals surface area contributed by atoms with E-state index in [2.05, 4.69) is 15.2 Å². The summed E-state index contributed by atoms with van der Waals surface area (Å²) < 4.78 is 5.86. The minimum atomic E-state index is 0.341. The van der Waals surface area contributed by atoms with Gasteiger partial charge in [0.15, 0.2) is 0 Å². The lowest BCUT2D eigenvalue weighted by Crippen LogP contribution is -2.25. The molecule has 0 atom stereocenters. The maximum absolute atomic E-state index is 10.0. The zero-order valence-electron chi connectivity index (χ0n) is 14.4. The van der Waals surface area contributed by atoms with E-state index in [9.17, 15) is 5.11 Å². The smallest absolute Gasteiger partial charge is 0.219 e. The van der Waals surface area contributed by atoms with Crippen LogP contribution in [-0.2, 0) is 13.1 Å². The number of phenols is 1. The number of para-hydroxylation sites is 2. The fraction of sp³-hybridized carbons (Fsp3) is 0.190. The maximum Gasteiger partial charge on any atom is 0.219 e. The lowest BCUT2D eigenvalue weighted by Gasteiger charge is -2.20. The molecular weight excluding hydrogens is 326 g/mol. The molecule has 132 valence electrons. The number of nitrogens with zero attached hydrogens (tertiary/aromatic N) is 2. The van der Waals surface area contributed by atoms with Crippen molar-refractivity contribution in [1.82, 2.24) is 9.88 Å². The molecule has 1 aliphatic heterocycles. The summed E-state index contributed by atoms with van der Waals surface area (Å²) >= 11 is 0. The molecule has 0 radical (unpaired) electrons. The molecule has 0 spiro atoms. The van der Waals surface area contributed by atoms with Crippen LogP contribution in [0.2, 0.25) is 0 Å². The van der Waals surface area contributed by atoms with Crippen LogP contribution >= 0.6 is 0 Å². The summed E-state index contributed by atoms with van der Waals surface area (Å²) in [7, 11) is 0. The van der Waals surface area contributed by atoms with E-state index >= 15 is 0 Å². The molecule has 2 heterocycles. The third-order valence-corrected chi connectivity index (χ3v) is 4.45. The number of anilines is 1. The number of rotatable bonds is 4. The standard InChI is InChI=1S/C21H21N3O2/c25-20-9-5-4-6-16(20)14-24-11-10-22-19-13-23-21(12-17(19)15-24)26-18-7-2-1-3-8-18/h1-9,12-13,22,25H,10-11,14-15H2. The van der Waals surface area contributed by atoms with Crippen molar-refractivity contribution in [1.29, 1.82) is 0 Å². The predicted octanol–water partition coefficient (Wildman–Crippen LogP) is 4.01. The third kappa shape index (κ3) is 3.78. The topological polar surface area (TPSA) is 57.6 Å². The predicted molar refractivity (Wildman–Crippen MR) is 101 cm³/mol. The Balaban J connectivity index is 1.53. The van der Waals surface area contributed by atoms with E-state index in [1.807, 2.05) is 60.8 Å². The van der Waals surface area contributed by atoms with Crippen LogP contribution in [0.5, 0.6) is 17.4 Å². The Bertz CT molecular complexity index is 883. The second-order valence-electron chi connectivity index (χ2n) is 6.36. The summed E-state index contributed by atoms with van der Waals surface area (Å²) in [6.07, 6.45) is 1.83. The number of pyridine rings is 1. The Kier molecular flexibility index (Phi) is 4.71. The normalized spacial score (nSPS) is 14.2. The number of benzene rings is 2. The summed E-state index contributed by atoms with van der Waals surface area (Å²) in [4.78, 5) is 6.71. The highest BCUT2D eigenvalue weighted by molar-refractivity contribution is 5.52. The molecule has 5 nitrogen and oxygen atoms in total. The van der Waals surface area contributed by atoms with Crippen LogP contribution < -0.4 is 10.1 Å². The first-order valence-electron chi connectivity index (χ1n) is 8.73. The van der Waals surface area contributed by atoms with Gasteiger partial charge in [0, 0.05) is 37.8 Å². The van der Waals surface area contributed by atoms with Gasteiger partial charge in [0.25, 0.3) is 0 Å². The molecule has 3 aromatic rings. The van der Waals surface area contributed by atoms with Gasteiger partial charge in [0.05, 0.1) is 11.9 Å². The van der Waals surface area contributed by atoms with Gasteiger partial charge >= 0.3 is 0 Å². The molecule has 5 heteroatoms. The zero-order chi connectivity index (χ0) is 17.8. The van der Waals surface area contributed by atoms with E-state index < -0.39 is 0 Å². The summed E-state index contributed by atoms with van der Waals surface area (Å²) in [5.41, 5.74) is 3.11. The number of nitrogens with one attached hydrogen (secondary N) is 1. The molecule has 1 aliphatic rings. The van der Waals surface area contributed by atoms with E-state index in [0.717, 1.165) is 42.2 Å². The van der Waals surface area contributed by atoms with Crippen molar-refractivity contribution in [2.75, 3.05) is 18.4 Å². The highest BCUT2D eigenvalue weighted by atomic mass is 16.5. The van der Waals surface area contributed by atoms with E-state index in [4.69, 9.17) is 4.74 Å². The molecule has 0 bridgehead atoms. The minimum Gasteiger partial charge on any atom is -0.508 e. The van der Waals surface area contributed by atoms with Crippen molar-refractivity contribution >= 4 is 5.69 Å². The minimum absolute atomic E-state index is 0.341. The maximum atomic E-state index is 10.0. The molecule has 2 aromatic carbocycles. The van der Waals surface area contributed by atoms with Gasteiger partial charge in [0.2, 0.25) is 5.88 Å². The Hall–Kier alpha value is -3.05. The number of hydrogen-bond donors (Lipinski definition) is 2. The lowest BCUT2D eigenvalue weighted by atomic mass is 10.1. The van der Waals surface area contributed by atoms with Crippen LogP contribution in [0.15, 0.2) is 66.9 Å². The van der Waals surface area contributed by atoms with Gasteiger partial charge in [-0.1, -0.05) is 36.4 Å². The van der Waals surface area contributed by atoms with Crippen LogP contribution in [0.3, 0.4) is 0 Å². The van der Waals surface area contributed by atoms with Crippen LogP contribution in [-0.4, -0.2) is 28.1 Å². The molecule has 0 saturated carbocycles. The van der Waals surface area contributed by atoms with Crippen LogP contribution in [0, 0.1) is 0 Å². The lowest BCUT2D eigenvalue weighted by molar-refractivity contribution is 0.267. The Morgan fingerprint density at radius 1 is 1.08 bits per heavy atom. The van der Waals surface area contributed by atoms with Crippen molar-refractivity contribution in [3.8, 4) is 17.4 Å². The zero-order valence-corrected chi connectivity index (χ0v) is 14.4. The number of aromatic nitrogens is 1. The van der Waals surface area contributed by atoms with Gasteiger partial charge < -0.3 is 15.2 Å².